The lowest BCUT2D eigenvalue weighted by molar-refractivity contribution is 0.0743. The predicted molar refractivity (Wildman–Crippen MR) is 103 cm³/mol. The Morgan fingerprint density at radius 2 is 2.08 bits per heavy atom. The molecule has 0 radical (unpaired) electrons. The maximum absolute atomic E-state index is 12.9. The Kier molecular flexibility index (Phi) is 8.83. The lowest BCUT2D eigenvalue weighted by atomic mass is 10.1. The summed E-state index contributed by atoms with van der Waals surface area (Å²) in [4.78, 5) is 14.7. The fraction of sp³-hybridized carbons (Fsp3) is 0.611. The van der Waals surface area contributed by atoms with E-state index in [9.17, 15) is 4.79 Å². The van der Waals surface area contributed by atoms with Crippen molar-refractivity contribution >= 4 is 29.9 Å². The van der Waals surface area contributed by atoms with Crippen LogP contribution in [0.15, 0.2) is 12.1 Å². The van der Waals surface area contributed by atoms with Crippen LogP contribution in [0.2, 0.25) is 5.02 Å². The summed E-state index contributed by atoms with van der Waals surface area (Å²) in [6, 6.07) is 3.57. The van der Waals surface area contributed by atoms with Crippen molar-refractivity contribution in [2.45, 2.75) is 39.7 Å². The number of ether oxygens (including phenoxy) is 2. The number of nitrogens with zero attached hydrogens (tertiary/aromatic N) is 1. The van der Waals surface area contributed by atoms with Crippen LogP contribution in [0.5, 0.6) is 11.5 Å². The van der Waals surface area contributed by atoms with E-state index in [4.69, 9.17) is 26.8 Å². The third-order valence-corrected chi connectivity index (χ3v) is 4.54. The van der Waals surface area contributed by atoms with E-state index in [1.54, 1.807) is 12.1 Å². The summed E-state index contributed by atoms with van der Waals surface area (Å²) in [6.07, 6.45) is 1.81. The van der Waals surface area contributed by atoms with Crippen molar-refractivity contribution in [3.8, 4) is 11.5 Å². The molecule has 0 spiro atoms. The normalized spacial score (nSPS) is 19.5. The molecule has 25 heavy (non-hydrogen) atoms. The number of benzene rings is 1. The number of hydrogen-bond donors (Lipinski definition) is 1. The van der Waals surface area contributed by atoms with Gasteiger partial charge in [0, 0.05) is 18.2 Å². The van der Waals surface area contributed by atoms with Crippen molar-refractivity contribution in [1.82, 2.24) is 4.90 Å². The minimum Gasteiger partial charge on any atom is -0.490 e. The summed E-state index contributed by atoms with van der Waals surface area (Å²) in [7, 11) is 0. The fourth-order valence-corrected chi connectivity index (χ4v) is 3.33. The van der Waals surface area contributed by atoms with E-state index in [0.717, 1.165) is 12.8 Å². The number of hydrogen-bond acceptors (Lipinski definition) is 4. The van der Waals surface area contributed by atoms with Gasteiger partial charge in [-0.1, -0.05) is 18.5 Å². The molecule has 0 aromatic heterocycles. The Bertz CT molecular complexity index is 584. The van der Waals surface area contributed by atoms with Gasteiger partial charge in [0.25, 0.3) is 5.91 Å². The molecule has 142 valence electrons. The van der Waals surface area contributed by atoms with E-state index in [1.807, 2.05) is 18.7 Å². The van der Waals surface area contributed by atoms with Crippen molar-refractivity contribution in [3.63, 3.8) is 0 Å². The van der Waals surface area contributed by atoms with E-state index in [0.29, 0.717) is 54.3 Å². The first-order valence-electron chi connectivity index (χ1n) is 8.61. The van der Waals surface area contributed by atoms with E-state index in [2.05, 4.69) is 6.92 Å². The van der Waals surface area contributed by atoms with Crippen LogP contribution in [0.3, 0.4) is 0 Å². The van der Waals surface area contributed by atoms with E-state index >= 15 is 0 Å². The Morgan fingerprint density at radius 3 is 2.64 bits per heavy atom. The molecule has 2 atom stereocenters. The third-order valence-electron chi connectivity index (χ3n) is 4.26. The molecule has 0 bridgehead atoms. The van der Waals surface area contributed by atoms with Crippen LogP contribution in [0.25, 0.3) is 0 Å². The number of carbonyl (C=O) groups excluding carboxylic acids is 1. The van der Waals surface area contributed by atoms with Gasteiger partial charge in [-0.05, 0) is 51.3 Å². The highest BCUT2D eigenvalue weighted by Gasteiger charge is 2.32. The Morgan fingerprint density at radius 1 is 1.36 bits per heavy atom. The maximum Gasteiger partial charge on any atom is 0.254 e. The fourth-order valence-electron chi connectivity index (χ4n) is 3.06. The lowest BCUT2D eigenvalue weighted by Gasteiger charge is -2.22. The van der Waals surface area contributed by atoms with Gasteiger partial charge in [-0.2, -0.15) is 0 Å². The summed E-state index contributed by atoms with van der Waals surface area (Å²) in [5, 5.41) is 0.403. The SMILES string of the molecule is CCCOc1c(Cl)cc(C(=O)N2CC(CN)CC2C)cc1OCC.Cl. The zero-order chi connectivity index (χ0) is 17.7. The van der Waals surface area contributed by atoms with Crippen molar-refractivity contribution in [1.29, 1.82) is 0 Å². The summed E-state index contributed by atoms with van der Waals surface area (Å²) >= 11 is 6.35. The molecule has 1 saturated heterocycles. The first-order valence-corrected chi connectivity index (χ1v) is 8.99. The van der Waals surface area contributed by atoms with E-state index in [1.165, 1.54) is 0 Å². The zero-order valence-corrected chi connectivity index (χ0v) is 16.7. The van der Waals surface area contributed by atoms with Gasteiger partial charge in [-0.15, -0.1) is 12.4 Å². The molecular formula is C18H28Cl2N2O3. The molecule has 1 amide bonds. The molecule has 5 nitrogen and oxygen atoms in total. The van der Waals surface area contributed by atoms with Crippen LogP contribution in [-0.4, -0.2) is 43.2 Å². The average molecular weight is 391 g/mol. The van der Waals surface area contributed by atoms with Crippen LogP contribution in [-0.2, 0) is 0 Å². The van der Waals surface area contributed by atoms with Gasteiger partial charge in [-0.25, -0.2) is 0 Å². The van der Waals surface area contributed by atoms with Gasteiger partial charge < -0.3 is 20.1 Å². The molecule has 1 aliphatic rings. The maximum atomic E-state index is 12.9. The molecule has 1 aromatic carbocycles. The average Bonchev–Trinajstić information content (AvgIpc) is 2.94. The van der Waals surface area contributed by atoms with Crippen molar-refractivity contribution < 1.29 is 14.3 Å². The molecule has 2 rings (SSSR count). The smallest absolute Gasteiger partial charge is 0.254 e. The standard InChI is InChI=1S/C18H27ClN2O3.ClH/c1-4-6-24-17-15(19)8-14(9-16(17)23-5-2)18(22)21-11-13(10-20)7-12(21)3;/h8-9,12-13H,4-7,10-11,20H2,1-3H3;1H. The summed E-state index contributed by atoms with van der Waals surface area (Å²) in [5.41, 5.74) is 6.28. The van der Waals surface area contributed by atoms with Crippen molar-refractivity contribution in [2.24, 2.45) is 11.7 Å². The van der Waals surface area contributed by atoms with Gasteiger partial charge in [0.15, 0.2) is 11.5 Å². The number of carbonyl (C=O) groups is 1. The monoisotopic (exact) mass is 390 g/mol. The highest BCUT2D eigenvalue weighted by molar-refractivity contribution is 6.32. The highest BCUT2D eigenvalue weighted by atomic mass is 35.5. The molecule has 1 fully saturated rings. The van der Waals surface area contributed by atoms with Crippen LogP contribution >= 0.6 is 24.0 Å². The summed E-state index contributed by atoms with van der Waals surface area (Å²) in [6.45, 7) is 8.28. The van der Waals surface area contributed by atoms with Gasteiger partial charge in [0.05, 0.1) is 18.2 Å². The van der Waals surface area contributed by atoms with Gasteiger partial charge in [-0.3, -0.25) is 4.79 Å². The quantitative estimate of drug-likeness (QED) is 0.769. The molecule has 2 N–H and O–H groups in total. The first-order chi connectivity index (χ1) is 11.5. The second-order valence-electron chi connectivity index (χ2n) is 6.21. The molecule has 1 heterocycles. The molecular weight excluding hydrogens is 363 g/mol. The zero-order valence-electron chi connectivity index (χ0n) is 15.1. The van der Waals surface area contributed by atoms with Crippen LogP contribution in [0.4, 0.5) is 0 Å². The summed E-state index contributed by atoms with van der Waals surface area (Å²) < 4.78 is 11.3. The number of halogens is 2. The van der Waals surface area contributed by atoms with E-state index in [-0.39, 0.29) is 24.4 Å². The van der Waals surface area contributed by atoms with Crippen LogP contribution in [0.1, 0.15) is 44.0 Å². The minimum absolute atomic E-state index is 0. The molecule has 0 saturated carbocycles. The second kappa shape index (κ2) is 10.1. The molecule has 7 heteroatoms. The Labute approximate surface area is 161 Å². The topological polar surface area (TPSA) is 64.8 Å². The van der Waals surface area contributed by atoms with Crippen LogP contribution in [0, 0.1) is 5.92 Å². The highest BCUT2D eigenvalue weighted by Crippen LogP contribution is 2.37. The Balaban J connectivity index is 0.00000312. The molecule has 1 aliphatic heterocycles. The van der Waals surface area contributed by atoms with Gasteiger partial charge in [0.1, 0.15) is 0 Å². The molecule has 1 aromatic rings. The predicted octanol–water partition coefficient (Wildman–Crippen LogP) is 3.76. The Hall–Kier alpha value is -1.17. The van der Waals surface area contributed by atoms with E-state index < -0.39 is 0 Å². The minimum atomic E-state index is -0.0386. The third kappa shape index (κ3) is 5.16. The molecule has 2 unspecified atom stereocenters. The molecule has 0 aliphatic carbocycles. The largest absolute Gasteiger partial charge is 0.490 e. The second-order valence-corrected chi connectivity index (χ2v) is 6.62. The van der Waals surface area contributed by atoms with Crippen molar-refractivity contribution in [2.75, 3.05) is 26.3 Å². The van der Waals surface area contributed by atoms with Crippen molar-refractivity contribution in [3.05, 3.63) is 22.7 Å². The number of nitrogens with two attached hydrogens (primary N) is 1. The number of amides is 1. The first kappa shape index (κ1) is 21.9. The van der Waals surface area contributed by atoms with Gasteiger partial charge in [0.2, 0.25) is 0 Å². The van der Waals surface area contributed by atoms with Crippen LogP contribution < -0.4 is 15.2 Å². The number of rotatable bonds is 7. The van der Waals surface area contributed by atoms with Gasteiger partial charge >= 0.3 is 0 Å². The lowest BCUT2D eigenvalue weighted by Crippen LogP contribution is -2.34. The number of likely N-dealkylation sites (tertiary alicyclic amines) is 1. The summed E-state index contributed by atoms with van der Waals surface area (Å²) in [5.74, 6) is 1.34.